The van der Waals surface area contributed by atoms with Crippen molar-refractivity contribution in [1.29, 1.82) is 0 Å². The van der Waals surface area contributed by atoms with Crippen LogP contribution in [0.5, 0.6) is 5.75 Å². The highest BCUT2D eigenvalue weighted by atomic mass is 16.5. The molecule has 0 atom stereocenters. The summed E-state index contributed by atoms with van der Waals surface area (Å²) >= 11 is 0. The van der Waals surface area contributed by atoms with Gasteiger partial charge < -0.3 is 15.4 Å². The Morgan fingerprint density at radius 2 is 2.17 bits per heavy atom. The van der Waals surface area contributed by atoms with Gasteiger partial charge in [-0.25, -0.2) is 0 Å². The number of ether oxygens (including phenoxy) is 1. The zero-order chi connectivity index (χ0) is 13.4. The van der Waals surface area contributed by atoms with Crippen molar-refractivity contribution in [2.45, 2.75) is 26.7 Å². The number of carbonyl (C=O) groups is 1. The molecule has 0 saturated carbocycles. The molecule has 100 valence electrons. The fourth-order valence-electron chi connectivity index (χ4n) is 1.65. The number of nitrogens with two attached hydrogens (primary N) is 1. The lowest BCUT2D eigenvalue weighted by Gasteiger charge is -2.20. The van der Waals surface area contributed by atoms with Gasteiger partial charge in [0.1, 0.15) is 5.75 Å². The number of amides is 1. The number of benzene rings is 1. The summed E-state index contributed by atoms with van der Waals surface area (Å²) in [6.07, 6.45) is 2.11. The van der Waals surface area contributed by atoms with Crippen molar-refractivity contribution in [3.63, 3.8) is 0 Å². The van der Waals surface area contributed by atoms with Crippen LogP contribution in [0.15, 0.2) is 24.3 Å². The molecule has 1 aromatic carbocycles. The Labute approximate surface area is 109 Å². The standard InChI is InChI=1S/C14H22N2O2/c1-3-5-9-16(4-2)14(17)11-18-13-8-6-7-12(15)10-13/h6-8,10H,3-5,9,11,15H2,1-2H3. The van der Waals surface area contributed by atoms with E-state index in [2.05, 4.69) is 6.92 Å². The molecule has 1 amide bonds. The highest BCUT2D eigenvalue weighted by molar-refractivity contribution is 5.77. The van der Waals surface area contributed by atoms with Gasteiger partial charge in [-0.1, -0.05) is 19.4 Å². The molecule has 4 heteroatoms. The SMILES string of the molecule is CCCCN(CC)C(=O)COc1cccc(N)c1. The molecule has 0 aliphatic heterocycles. The first-order valence-corrected chi connectivity index (χ1v) is 6.43. The Morgan fingerprint density at radius 1 is 1.39 bits per heavy atom. The van der Waals surface area contributed by atoms with Crippen LogP contribution >= 0.6 is 0 Å². The number of nitrogens with zero attached hydrogens (tertiary/aromatic N) is 1. The summed E-state index contributed by atoms with van der Waals surface area (Å²) < 4.78 is 5.44. The fraction of sp³-hybridized carbons (Fsp3) is 0.500. The van der Waals surface area contributed by atoms with Gasteiger partial charge in [-0.2, -0.15) is 0 Å². The van der Waals surface area contributed by atoms with E-state index >= 15 is 0 Å². The van der Waals surface area contributed by atoms with Gasteiger partial charge in [0.25, 0.3) is 5.91 Å². The van der Waals surface area contributed by atoms with E-state index in [1.54, 1.807) is 18.2 Å². The molecule has 0 aromatic heterocycles. The van der Waals surface area contributed by atoms with E-state index in [9.17, 15) is 4.79 Å². The van der Waals surface area contributed by atoms with Crippen LogP contribution in [0.2, 0.25) is 0 Å². The van der Waals surface area contributed by atoms with Crippen LogP contribution in [0.1, 0.15) is 26.7 Å². The van der Waals surface area contributed by atoms with Crippen molar-refractivity contribution in [3.8, 4) is 5.75 Å². The topological polar surface area (TPSA) is 55.6 Å². The van der Waals surface area contributed by atoms with Crippen LogP contribution in [0, 0.1) is 0 Å². The molecule has 0 unspecified atom stereocenters. The Hall–Kier alpha value is -1.71. The predicted molar refractivity (Wildman–Crippen MR) is 73.5 cm³/mol. The van der Waals surface area contributed by atoms with Gasteiger partial charge in [0, 0.05) is 24.8 Å². The van der Waals surface area contributed by atoms with E-state index in [1.807, 2.05) is 17.9 Å². The van der Waals surface area contributed by atoms with Crippen LogP contribution < -0.4 is 10.5 Å². The third-order valence-electron chi connectivity index (χ3n) is 2.74. The monoisotopic (exact) mass is 250 g/mol. The van der Waals surface area contributed by atoms with Crippen molar-refractivity contribution < 1.29 is 9.53 Å². The molecular formula is C14H22N2O2. The number of nitrogen functional groups attached to an aromatic ring is 1. The summed E-state index contributed by atoms with van der Waals surface area (Å²) in [5.74, 6) is 0.656. The minimum Gasteiger partial charge on any atom is -0.484 e. The molecule has 0 bridgehead atoms. The Balaban J connectivity index is 2.44. The minimum absolute atomic E-state index is 0.0216. The van der Waals surface area contributed by atoms with Gasteiger partial charge in [0.2, 0.25) is 0 Å². The highest BCUT2D eigenvalue weighted by Crippen LogP contribution is 2.14. The normalized spacial score (nSPS) is 10.1. The third kappa shape index (κ3) is 4.65. The molecule has 0 aliphatic rings. The molecule has 1 aromatic rings. The lowest BCUT2D eigenvalue weighted by Crippen LogP contribution is -2.35. The summed E-state index contributed by atoms with van der Waals surface area (Å²) in [5.41, 5.74) is 6.28. The maximum absolute atomic E-state index is 11.9. The quantitative estimate of drug-likeness (QED) is 0.755. The third-order valence-corrected chi connectivity index (χ3v) is 2.74. The summed E-state index contributed by atoms with van der Waals surface area (Å²) in [6, 6.07) is 7.11. The van der Waals surface area contributed by atoms with Gasteiger partial charge in [-0.3, -0.25) is 4.79 Å². The van der Waals surface area contributed by atoms with E-state index in [-0.39, 0.29) is 12.5 Å². The van der Waals surface area contributed by atoms with E-state index in [4.69, 9.17) is 10.5 Å². The molecule has 0 spiro atoms. The molecule has 0 heterocycles. The summed E-state index contributed by atoms with van der Waals surface area (Å²) in [4.78, 5) is 13.7. The number of hydrogen-bond acceptors (Lipinski definition) is 3. The van der Waals surface area contributed by atoms with E-state index in [0.29, 0.717) is 11.4 Å². The second kappa shape index (κ2) is 7.58. The predicted octanol–water partition coefficient (Wildman–Crippen LogP) is 2.30. The van der Waals surface area contributed by atoms with Crippen LogP contribution in [0.4, 0.5) is 5.69 Å². The van der Waals surface area contributed by atoms with Gasteiger partial charge in [0.15, 0.2) is 6.61 Å². The summed E-state index contributed by atoms with van der Waals surface area (Å²) in [6.45, 7) is 5.68. The van der Waals surface area contributed by atoms with Gasteiger partial charge in [-0.05, 0) is 25.5 Å². The first-order chi connectivity index (χ1) is 8.67. The van der Waals surface area contributed by atoms with Crippen molar-refractivity contribution in [3.05, 3.63) is 24.3 Å². The minimum atomic E-state index is 0.0216. The van der Waals surface area contributed by atoms with E-state index in [0.717, 1.165) is 25.9 Å². The maximum atomic E-state index is 11.9. The van der Waals surface area contributed by atoms with Crippen LogP contribution in [0.3, 0.4) is 0 Å². The van der Waals surface area contributed by atoms with Crippen molar-refractivity contribution in [2.24, 2.45) is 0 Å². The Kier molecular flexibility index (Phi) is 6.05. The Morgan fingerprint density at radius 3 is 2.78 bits per heavy atom. The first-order valence-electron chi connectivity index (χ1n) is 6.43. The zero-order valence-electron chi connectivity index (χ0n) is 11.2. The second-order valence-corrected chi connectivity index (χ2v) is 4.19. The summed E-state index contributed by atoms with van der Waals surface area (Å²) in [5, 5.41) is 0. The van der Waals surface area contributed by atoms with Gasteiger partial charge >= 0.3 is 0 Å². The average molecular weight is 250 g/mol. The van der Waals surface area contributed by atoms with Gasteiger partial charge in [0.05, 0.1) is 0 Å². The zero-order valence-corrected chi connectivity index (χ0v) is 11.2. The molecule has 0 aliphatic carbocycles. The van der Waals surface area contributed by atoms with E-state index < -0.39 is 0 Å². The number of carbonyl (C=O) groups excluding carboxylic acids is 1. The highest BCUT2D eigenvalue weighted by Gasteiger charge is 2.11. The molecule has 1 rings (SSSR count). The number of rotatable bonds is 7. The van der Waals surface area contributed by atoms with Crippen LogP contribution in [-0.4, -0.2) is 30.5 Å². The van der Waals surface area contributed by atoms with Crippen molar-refractivity contribution in [2.75, 3.05) is 25.4 Å². The van der Waals surface area contributed by atoms with Crippen molar-refractivity contribution in [1.82, 2.24) is 4.90 Å². The van der Waals surface area contributed by atoms with E-state index in [1.165, 1.54) is 0 Å². The number of unbranched alkanes of at least 4 members (excludes halogenated alkanes) is 1. The smallest absolute Gasteiger partial charge is 0.260 e. The molecular weight excluding hydrogens is 228 g/mol. The molecule has 0 radical (unpaired) electrons. The van der Waals surface area contributed by atoms with Crippen LogP contribution in [-0.2, 0) is 4.79 Å². The van der Waals surface area contributed by atoms with Crippen molar-refractivity contribution >= 4 is 11.6 Å². The summed E-state index contributed by atoms with van der Waals surface area (Å²) in [7, 11) is 0. The number of anilines is 1. The number of hydrogen-bond donors (Lipinski definition) is 1. The Bertz CT molecular complexity index is 380. The molecule has 0 saturated heterocycles. The number of likely N-dealkylation sites (N-methyl/N-ethyl adjacent to an activating group) is 1. The first kappa shape index (κ1) is 14.4. The lowest BCUT2D eigenvalue weighted by molar-refractivity contribution is -0.133. The average Bonchev–Trinajstić information content (AvgIpc) is 2.37. The van der Waals surface area contributed by atoms with Crippen LogP contribution in [0.25, 0.3) is 0 Å². The molecule has 0 fully saturated rings. The maximum Gasteiger partial charge on any atom is 0.260 e. The fourth-order valence-corrected chi connectivity index (χ4v) is 1.65. The molecule has 18 heavy (non-hydrogen) atoms. The molecule has 2 N–H and O–H groups in total. The lowest BCUT2D eigenvalue weighted by atomic mass is 10.3. The largest absolute Gasteiger partial charge is 0.484 e. The van der Waals surface area contributed by atoms with Gasteiger partial charge in [-0.15, -0.1) is 0 Å². The second-order valence-electron chi connectivity index (χ2n) is 4.19. The molecule has 4 nitrogen and oxygen atoms in total.